The maximum absolute atomic E-state index is 12.9. The lowest BCUT2D eigenvalue weighted by Crippen LogP contribution is -2.23. The third kappa shape index (κ3) is 4.67. The van der Waals surface area contributed by atoms with E-state index < -0.39 is 6.10 Å². The Balaban J connectivity index is 1.55. The molecular weight excluding hydrogens is 436 g/mol. The summed E-state index contributed by atoms with van der Waals surface area (Å²) >= 11 is 1.38. The van der Waals surface area contributed by atoms with Crippen molar-refractivity contribution in [3.8, 4) is 5.75 Å². The molecule has 0 fully saturated rings. The Kier molecular flexibility index (Phi) is 6.58. The number of para-hydroxylation sites is 2. The smallest absolute Gasteiger partial charge is 0.263 e. The highest BCUT2D eigenvalue weighted by atomic mass is 32.2. The van der Waals surface area contributed by atoms with Gasteiger partial charge in [0.25, 0.3) is 5.56 Å². The van der Waals surface area contributed by atoms with Gasteiger partial charge in [0.2, 0.25) is 5.78 Å². The van der Waals surface area contributed by atoms with Crippen LogP contribution in [0.15, 0.2) is 71.1 Å². The summed E-state index contributed by atoms with van der Waals surface area (Å²) < 4.78 is 9.36. The topological polar surface area (TPSA) is 81.7 Å². The van der Waals surface area contributed by atoms with E-state index in [2.05, 4.69) is 37.5 Å². The molecule has 4 aromatic rings. The molecule has 0 aliphatic carbocycles. The molecule has 8 heteroatoms. The fourth-order valence-corrected chi connectivity index (χ4v) is 4.58. The van der Waals surface area contributed by atoms with Crippen LogP contribution in [0.3, 0.4) is 0 Å². The number of fused-ring (bicyclic) bond motifs is 3. The quantitative estimate of drug-likeness (QED) is 0.313. The highest BCUT2D eigenvalue weighted by Gasteiger charge is 2.20. The molecule has 0 saturated heterocycles. The van der Waals surface area contributed by atoms with E-state index in [1.807, 2.05) is 46.9 Å². The minimum absolute atomic E-state index is 0.0565. The van der Waals surface area contributed by atoms with Gasteiger partial charge in [0, 0.05) is 12.3 Å². The van der Waals surface area contributed by atoms with Crippen LogP contribution < -0.4 is 10.3 Å². The van der Waals surface area contributed by atoms with Gasteiger partial charge in [-0.15, -0.1) is 16.8 Å². The normalized spacial score (nSPS) is 12.8. The highest BCUT2D eigenvalue weighted by Crippen LogP contribution is 2.31. The number of ether oxygens (including phenoxy) is 1. The van der Waals surface area contributed by atoms with Crippen LogP contribution >= 0.6 is 11.8 Å². The Morgan fingerprint density at radius 1 is 1.15 bits per heavy atom. The summed E-state index contributed by atoms with van der Waals surface area (Å²) in [4.78, 5) is 12.9. The molecule has 2 aromatic heterocycles. The summed E-state index contributed by atoms with van der Waals surface area (Å²) in [6.07, 6.45) is 0.953. The molecule has 1 unspecified atom stereocenters. The van der Waals surface area contributed by atoms with Gasteiger partial charge < -0.3 is 9.84 Å². The number of rotatable bonds is 8. The van der Waals surface area contributed by atoms with Crippen LogP contribution in [0, 0.1) is 0 Å². The van der Waals surface area contributed by atoms with Crippen molar-refractivity contribution in [1.82, 2.24) is 19.2 Å². The van der Waals surface area contributed by atoms with Gasteiger partial charge in [-0.1, -0.05) is 68.9 Å². The van der Waals surface area contributed by atoms with E-state index in [-0.39, 0.29) is 17.6 Å². The second kappa shape index (κ2) is 9.41. The van der Waals surface area contributed by atoms with Gasteiger partial charge in [-0.05, 0) is 29.2 Å². The van der Waals surface area contributed by atoms with Crippen LogP contribution in [-0.4, -0.2) is 42.7 Å². The van der Waals surface area contributed by atoms with Gasteiger partial charge in [-0.2, -0.15) is 0 Å². The Bertz CT molecular complexity index is 1350. The molecule has 1 N–H and O–H groups in total. The first-order chi connectivity index (χ1) is 15.8. The Morgan fingerprint density at radius 3 is 2.64 bits per heavy atom. The van der Waals surface area contributed by atoms with E-state index in [9.17, 15) is 9.90 Å². The molecule has 0 aliphatic heterocycles. The molecule has 0 aliphatic rings. The molecule has 2 heterocycles. The van der Waals surface area contributed by atoms with Gasteiger partial charge in [-0.25, -0.2) is 0 Å². The van der Waals surface area contributed by atoms with Gasteiger partial charge in [-0.3, -0.25) is 13.8 Å². The number of nitrogens with zero attached hydrogens (tertiary/aromatic N) is 4. The summed E-state index contributed by atoms with van der Waals surface area (Å²) in [7, 11) is 0. The maximum atomic E-state index is 12.9. The molecule has 1 atom stereocenters. The van der Waals surface area contributed by atoms with E-state index in [1.165, 1.54) is 11.8 Å². The Hall–Kier alpha value is -3.10. The van der Waals surface area contributed by atoms with Crippen molar-refractivity contribution in [2.24, 2.45) is 0 Å². The molecule has 172 valence electrons. The third-order valence-corrected chi connectivity index (χ3v) is 6.39. The molecule has 2 aromatic carbocycles. The van der Waals surface area contributed by atoms with Crippen molar-refractivity contribution in [2.75, 3.05) is 12.4 Å². The lowest BCUT2D eigenvalue weighted by Gasteiger charge is -2.23. The van der Waals surface area contributed by atoms with Crippen LogP contribution in [0.1, 0.15) is 26.3 Å². The van der Waals surface area contributed by atoms with E-state index in [0.29, 0.717) is 28.6 Å². The van der Waals surface area contributed by atoms with Crippen molar-refractivity contribution in [2.45, 2.75) is 44.0 Å². The number of thioether (sulfide) groups is 1. The average molecular weight is 465 g/mol. The molecule has 33 heavy (non-hydrogen) atoms. The van der Waals surface area contributed by atoms with Gasteiger partial charge in [0.1, 0.15) is 12.4 Å². The molecule has 0 bridgehead atoms. The average Bonchev–Trinajstić information content (AvgIpc) is 3.22. The van der Waals surface area contributed by atoms with Crippen molar-refractivity contribution >= 4 is 28.4 Å². The molecular formula is C25H28N4O3S. The SMILES string of the molecule is C=CCn1c(=O)c2ccccc2n2c(SCC(O)COc3ccccc3C(C)(C)C)nnc12. The summed E-state index contributed by atoms with van der Waals surface area (Å²) in [6, 6.07) is 15.3. The zero-order valence-electron chi connectivity index (χ0n) is 19.1. The lowest BCUT2D eigenvalue weighted by molar-refractivity contribution is 0.125. The second-order valence-electron chi connectivity index (χ2n) is 8.86. The lowest BCUT2D eigenvalue weighted by atomic mass is 9.86. The maximum Gasteiger partial charge on any atom is 0.263 e. The van der Waals surface area contributed by atoms with E-state index in [1.54, 1.807) is 16.7 Å². The van der Waals surface area contributed by atoms with Gasteiger partial charge in [0.15, 0.2) is 5.16 Å². The first-order valence-electron chi connectivity index (χ1n) is 10.8. The number of aromatic nitrogens is 4. The van der Waals surface area contributed by atoms with Crippen molar-refractivity contribution in [3.63, 3.8) is 0 Å². The zero-order valence-corrected chi connectivity index (χ0v) is 19.9. The fourth-order valence-electron chi connectivity index (χ4n) is 3.74. The van der Waals surface area contributed by atoms with Crippen LogP contribution in [-0.2, 0) is 12.0 Å². The monoisotopic (exact) mass is 464 g/mol. The number of aliphatic hydroxyl groups excluding tert-OH is 1. The zero-order chi connectivity index (χ0) is 23.6. The first kappa shape index (κ1) is 23.1. The summed E-state index contributed by atoms with van der Waals surface area (Å²) in [5.41, 5.74) is 1.64. The Morgan fingerprint density at radius 2 is 1.88 bits per heavy atom. The van der Waals surface area contributed by atoms with E-state index >= 15 is 0 Å². The number of allylic oxidation sites excluding steroid dienone is 1. The summed E-state index contributed by atoms with van der Waals surface area (Å²) in [5, 5.41) is 20.3. The summed E-state index contributed by atoms with van der Waals surface area (Å²) in [6.45, 7) is 10.6. The van der Waals surface area contributed by atoms with Crippen molar-refractivity contribution < 1.29 is 9.84 Å². The van der Waals surface area contributed by atoms with Crippen molar-refractivity contribution in [3.05, 3.63) is 77.1 Å². The molecule has 0 saturated carbocycles. The molecule has 4 rings (SSSR count). The number of hydrogen-bond donors (Lipinski definition) is 1. The minimum Gasteiger partial charge on any atom is -0.491 e. The molecule has 0 spiro atoms. The number of benzene rings is 2. The van der Waals surface area contributed by atoms with Crippen LogP contribution in [0.4, 0.5) is 0 Å². The number of aliphatic hydroxyl groups is 1. The summed E-state index contributed by atoms with van der Waals surface area (Å²) in [5.74, 6) is 1.60. The highest BCUT2D eigenvalue weighted by molar-refractivity contribution is 7.99. The number of hydrogen-bond acceptors (Lipinski definition) is 6. The molecule has 0 amide bonds. The second-order valence-corrected chi connectivity index (χ2v) is 9.85. The van der Waals surface area contributed by atoms with E-state index in [0.717, 1.165) is 16.8 Å². The van der Waals surface area contributed by atoms with Crippen molar-refractivity contribution in [1.29, 1.82) is 0 Å². The Labute approximate surface area is 196 Å². The minimum atomic E-state index is -0.708. The van der Waals surface area contributed by atoms with Crippen LogP contribution in [0.25, 0.3) is 16.7 Å². The third-order valence-electron chi connectivity index (χ3n) is 5.32. The van der Waals surface area contributed by atoms with Gasteiger partial charge >= 0.3 is 0 Å². The largest absolute Gasteiger partial charge is 0.491 e. The predicted molar refractivity (Wildman–Crippen MR) is 132 cm³/mol. The first-order valence-corrected chi connectivity index (χ1v) is 11.8. The fraction of sp³-hybridized carbons (Fsp3) is 0.320. The van der Waals surface area contributed by atoms with Crippen LogP contribution in [0.5, 0.6) is 5.75 Å². The molecule has 7 nitrogen and oxygen atoms in total. The van der Waals surface area contributed by atoms with Crippen LogP contribution in [0.2, 0.25) is 0 Å². The van der Waals surface area contributed by atoms with E-state index in [4.69, 9.17) is 4.74 Å². The standard InChI is InChI=1S/C25H28N4O3S/c1-5-14-28-22(31)18-10-6-8-12-20(18)29-23(28)26-27-24(29)33-16-17(30)15-32-21-13-9-7-11-19(21)25(2,3)4/h5-13,17,30H,1,14-16H2,2-4H3. The van der Waals surface area contributed by atoms with Gasteiger partial charge in [0.05, 0.1) is 17.0 Å². The predicted octanol–water partition coefficient (Wildman–Crippen LogP) is 4.06. The molecule has 0 radical (unpaired) electrons.